The molecule has 7 nitrogen and oxygen atoms in total. The molecule has 2 N–H and O–H groups in total. The molecule has 1 unspecified atom stereocenters. The van der Waals surface area contributed by atoms with Crippen molar-refractivity contribution in [1.82, 2.24) is 15.1 Å². The molecule has 0 spiro atoms. The van der Waals surface area contributed by atoms with Crippen LogP contribution in [-0.2, 0) is 0 Å². The van der Waals surface area contributed by atoms with Crippen molar-refractivity contribution in [2.45, 2.75) is 12.5 Å². The molecule has 9 heteroatoms. The molecule has 31 heavy (non-hydrogen) atoms. The van der Waals surface area contributed by atoms with Crippen molar-refractivity contribution in [2.75, 3.05) is 54.5 Å². The zero-order valence-electron chi connectivity index (χ0n) is 18.4. The van der Waals surface area contributed by atoms with Gasteiger partial charge < -0.3 is 19.7 Å². The third-order valence-electron chi connectivity index (χ3n) is 5.64. The number of likely N-dealkylation sites (tertiary alicyclic amines) is 1. The first-order valence-corrected chi connectivity index (χ1v) is 10.8. The Kier molecular flexibility index (Phi) is 7.64. The van der Waals surface area contributed by atoms with Gasteiger partial charge in [-0.05, 0) is 38.7 Å². The van der Waals surface area contributed by atoms with Crippen molar-refractivity contribution in [1.29, 1.82) is 5.41 Å². The van der Waals surface area contributed by atoms with Crippen LogP contribution in [0.5, 0.6) is 11.5 Å². The maximum Gasteiger partial charge on any atom is 0.151 e. The van der Waals surface area contributed by atoms with E-state index in [2.05, 4.69) is 40.8 Å². The summed E-state index contributed by atoms with van der Waals surface area (Å²) in [5, 5.41) is 12.3. The van der Waals surface area contributed by atoms with Crippen LogP contribution >= 0.6 is 23.2 Å². The van der Waals surface area contributed by atoms with Crippen LogP contribution in [0.4, 0.5) is 0 Å². The average Bonchev–Trinajstić information content (AvgIpc) is 3.21. The van der Waals surface area contributed by atoms with Crippen molar-refractivity contribution >= 4 is 40.4 Å². The number of halogens is 2. The van der Waals surface area contributed by atoms with Crippen LogP contribution in [0.25, 0.3) is 5.70 Å². The van der Waals surface area contributed by atoms with Crippen molar-refractivity contribution in [2.24, 2.45) is 4.99 Å². The fourth-order valence-electron chi connectivity index (χ4n) is 3.74. The first kappa shape index (κ1) is 23.6. The van der Waals surface area contributed by atoms with E-state index >= 15 is 0 Å². The van der Waals surface area contributed by atoms with Crippen LogP contribution in [-0.4, -0.2) is 81.9 Å². The molecule has 168 valence electrons. The van der Waals surface area contributed by atoms with Gasteiger partial charge in [0.1, 0.15) is 17.2 Å². The highest BCUT2D eigenvalue weighted by Gasteiger charge is 2.26. The summed E-state index contributed by atoms with van der Waals surface area (Å²) in [4.78, 5) is 9.30. The molecule has 0 radical (unpaired) electrons. The second-order valence-corrected chi connectivity index (χ2v) is 8.56. The minimum atomic E-state index is 0.249. The van der Waals surface area contributed by atoms with Crippen molar-refractivity contribution in [3.05, 3.63) is 39.9 Å². The molecule has 0 aromatic heterocycles. The lowest BCUT2D eigenvalue weighted by Gasteiger charge is -2.24. The molecule has 1 aromatic rings. The van der Waals surface area contributed by atoms with Crippen LogP contribution in [0, 0.1) is 5.41 Å². The van der Waals surface area contributed by atoms with Crippen LogP contribution in [0.1, 0.15) is 12.0 Å². The molecule has 2 heterocycles. The van der Waals surface area contributed by atoms with E-state index in [0.717, 1.165) is 26.1 Å². The first-order valence-electron chi connectivity index (χ1n) is 10.1. The fraction of sp³-hybridized carbons (Fsp3) is 0.455. The van der Waals surface area contributed by atoms with E-state index in [9.17, 15) is 0 Å². The second-order valence-electron chi connectivity index (χ2n) is 7.80. The number of rotatable bonds is 7. The molecule has 2 aliphatic rings. The number of nitrogens with zero attached hydrogens (tertiary/aromatic N) is 3. The normalized spacial score (nSPS) is 20.9. The molecule has 0 bridgehead atoms. The van der Waals surface area contributed by atoms with Gasteiger partial charge in [0.2, 0.25) is 0 Å². The third kappa shape index (κ3) is 5.06. The van der Waals surface area contributed by atoms with Gasteiger partial charge in [-0.1, -0.05) is 29.8 Å². The number of hydrogen-bond acceptors (Lipinski definition) is 6. The van der Waals surface area contributed by atoms with E-state index in [1.54, 1.807) is 12.1 Å². The standard InChI is InChI=1S/C22H29Cl2N5O2/c1-13-10-15(18-19(23)16(30-4)11-17(31-5)20(18)24)27-22(21(13)25)26-7-9-29-8-6-14(12-29)28(2)3/h10-11,14,25H,1,6-9,12H2,2-5H3,(H,26,27). The summed E-state index contributed by atoms with van der Waals surface area (Å²) in [7, 11) is 7.29. The first-order chi connectivity index (χ1) is 14.8. The number of allylic oxidation sites excluding steroid dienone is 1. The molecule has 3 rings (SSSR count). The van der Waals surface area contributed by atoms with Gasteiger partial charge in [0.05, 0.1) is 36.5 Å². The Morgan fingerprint density at radius 3 is 2.45 bits per heavy atom. The Hall–Kier alpha value is -2.06. The van der Waals surface area contributed by atoms with E-state index < -0.39 is 0 Å². The molecule has 1 fully saturated rings. The van der Waals surface area contributed by atoms with Gasteiger partial charge in [0.25, 0.3) is 0 Å². The monoisotopic (exact) mass is 465 g/mol. The zero-order chi connectivity index (χ0) is 22.7. The highest BCUT2D eigenvalue weighted by Crippen LogP contribution is 2.43. The number of nitrogens with one attached hydrogen (secondary N) is 2. The minimum absolute atomic E-state index is 0.249. The number of benzene rings is 1. The van der Waals surface area contributed by atoms with Gasteiger partial charge in [0, 0.05) is 30.8 Å². The van der Waals surface area contributed by atoms with Crippen LogP contribution in [0.3, 0.4) is 0 Å². The fourth-order valence-corrected chi connectivity index (χ4v) is 4.44. The highest BCUT2D eigenvalue weighted by molar-refractivity contribution is 6.50. The van der Waals surface area contributed by atoms with E-state index in [0.29, 0.717) is 56.8 Å². The molecular weight excluding hydrogens is 437 g/mol. The van der Waals surface area contributed by atoms with E-state index in [1.165, 1.54) is 14.2 Å². The Labute approximate surface area is 193 Å². The summed E-state index contributed by atoms with van der Waals surface area (Å²) in [6, 6.07) is 2.22. The molecule has 2 aliphatic heterocycles. The number of methoxy groups -OCH3 is 2. The van der Waals surface area contributed by atoms with Gasteiger partial charge in [-0.3, -0.25) is 15.3 Å². The topological polar surface area (TPSA) is 73.2 Å². The zero-order valence-corrected chi connectivity index (χ0v) is 19.9. The lowest BCUT2D eigenvalue weighted by Crippen LogP contribution is -2.36. The number of likely N-dealkylation sites (N-methyl/N-ethyl adjacent to an activating group) is 1. The van der Waals surface area contributed by atoms with Crippen molar-refractivity contribution in [3.8, 4) is 11.5 Å². The maximum atomic E-state index is 8.37. The SMILES string of the molecule is C=C1C=C(c2c(Cl)c(OC)cc(OC)c2Cl)NC(=NCCN2CCC(N(C)C)C2)C1=N. The molecule has 1 atom stereocenters. The lowest BCUT2D eigenvalue weighted by atomic mass is 10.0. The molecular formula is C22H29Cl2N5O2. The Morgan fingerprint density at radius 2 is 1.90 bits per heavy atom. The molecule has 0 saturated carbocycles. The van der Waals surface area contributed by atoms with Crippen LogP contribution in [0.15, 0.2) is 29.3 Å². The van der Waals surface area contributed by atoms with Gasteiger partial charge >= 0.3 is 0 Å². The Morgan fingerprint density at radius 1 is 1.26 bits per heavy atom. The van der Waals surface area contributed by atoms with Crippen LogP contribution in [0.2, 0.25) is 10.0 Å². The minimum Gasteiger partial charge on any atom is -0.495 e. The predicted molar refractivity (Wildman–Crippen MR) is 128 cm³/mol. The maximum absolute atomic E-state index is 8.37. The molecule has 1 saturated heterocycles. The molecule has 1 aromatic carbocycles. The summed E-state index contributed by atoms with van der Waals surface area (Å²) in [6.07, 6.45) is 2.89. The quantitative estimate of drug-likeness (QED) is 0.643. The largest absolute Gasteiger partial charge is 0.495 e. The van der Waals surface area contributed by atoms with Gasteiger partial charge in [-0.15, -0.1) is 0 Å². The van der Waals surface area contributed by atoms with Gasteiger partial charge in [0.15, 0.2) is 5.84 Å². The Balaban J connectivity index is 1.81. The van der Waals surface area contributed by atoms with Gasteiger partial charge in [-0.25, -0.2) is 0 Å². The summed E-state index contributed by atoms with van der Waals surface area (Å²) < 4.78 is 10.7. The molecule has 0 aliphatic carbocycles. The number of amidine groups is 1. The summed E-state index contributed by atoms with van der Waals surface area (Å²) >= 11 is 13.1. The highest BCUT2D eigenvalue weighted by atomic mass is 35.5. The van der Waals surface area contributed by atoms with Crippen molar-refractivity contribution < 1.29 is 9.47 Å². The number of hydrogen-bond donors (Lipinski definition) is 2. The summed E-state index contributed by atoms with van der Waals surface area (Å²) in [5.41, 5.74) is 1.89. The smallest absolute Gasteiger partial charge is 0.151 e. The van der Waals surface area contributed by atoms with Crippen molar-refractivity contribution in [3.63, 3.8) is 0 Å². The molecule has 0 amide bonds. The second kappa shape index (κ2) is 10.0. The summed E-state index contributed by atoms with van der Waals surface area (Å²) in [6.45, 7) is 7.51. The lowest BCUT2D eigenvalue weighted by molar-refractivity contribution is 0.272. The predicted octanol–water partition coefficient (Wildman–Crippen LogP) is 3.57. The van der Waals surface area contributed by atoms with E-state index in [4.69, 9.17) is 38.1 Å². The third-order valence-corrected chi connectivity index (χ3v) is 6.39. The van der Waals surface area contributed by atoms with Gasteiger partial charge in [-0.2, -0.15) is 0 Å². The van der Waals surface area contributed by atoms with E-state index in [-0.39, 0.29) is 5.71 Å². The summed E-state index contributed by atoms with van der Waals surface area (Å²) in [5.74, 6) is 1.32. The Bertz CT molecular complexity index is 914. The number of ether oxygens (including phenoxy) is 2. The number of aliphatic imine (C=N–C) groups is 1. The van der Waals surface area contributed by atoms with Crippen LogP contribution < -0.4 is 14.8 Å². The average molecular weight is 466 g/mol. The van der Waals surface area contributed by atoms with E-state index in [1.807, 2.05) is 0 Å².